The van der Waals surface area contributed by atoms with Crippen LogP contribution in [0, 0.1) is 5.82 Å². The van der Waals surface area contributed by atoms with Gasteiger partial charge in [-0.15, -0.1) is 11.8 Å². The summed E-state index contributed by atoms with van der Waals surface area (Å²) < 4.78 is 13.2. The Labute approximate surface area is 170 Å². The second-order valence-corrected chi connectivity index (χ2v) is 7.89. The lowest BCUT2D eigenvalue weighted by molar-refractivity contribution is -0.139. The topological polar surface area (TPSA) is 49.4 Å². The van der Waals surface area contributed by atoms with Crippen molar-refractivity contribution in [2.45, 2.75) is 50.7 Å². The number of nitrogens with one attached hydrogen (secondary N) is 1. The number of hydrogen-bond acceptors (Lipinski definition) is 3. The first-order valence-corrected chi connectivity index (χ1v) is 10.4. The number of hydrogen-bond donors (Lipinski definition) is 1. The van der Waals surface area contributed by atoms with Crippen LogP contribution < -0.4 is 5.32 Å². The second-order valence-electron chi connectivity index (χ2n) is 6.84. The van der Waals surface area contributed by atoms with E-state index in [-0.39, 0.29) is 36.0 Å². The quantitative estimate of drug-likeness (QED) is 0.638. The number of nitrogens with zero attached hydrogens (tertiary/aromatic N) is 1. The number of carbonyl (C=O) groups is 2. The molecule has 0 aromatic heterocycles. The summed E-state index contributed by atoms with van der Waals surface area (Å²) in [5.74, 6) is -0.385. The summed E-state index contributed by atoms with van der Waals surface area (Å²) in [6.45, 7) is 5.93. The molecule has 2 amide bonds. The van der Waals surface area contributed by atoms with Gasteiger partial charge in [-0.05, 0) is 50.1 Å². The van der Waals surface area contributed by atoms with Crippen LogP contribution in [0.25, 0.3) is 0 Å². The molecule has 0 spiro atoms. The van der Waals surface area contributed by atoms with Gasteiger partial charge in [0.2, 0.25) is 11.8 Å². The summed E-state index contributed by atoms with van der Waals surface area (Å²) in [5, 5.41) is 2.90. The highest BCUT2D eigenvalue weighted by Gasteiger charge is 2.28. The summed E-state index contributed by atoms with van der Waals surface area (Å²) in [5.41, 5.74) is 0.787. The third kappa shape index (κ3) is 6.68. The van der Waals surface area contributed by atoms with Crippen LogP contribution in [0.2, 0.25) is 0 Å². The van der Waals surface area contributed by atoms with Crippen LogP contribution in [-0.4, -0.2) is 34.6 Å². The van der Waals surface area contributed by atoms with Crippen molar-refractivity contribution in [2.24, 2.45) is 0 Å². The number of amides is 2. The lowest BCUT2D eigenvalue weighted by Gasteiger charge is -2.31. The molecule has 2 aromatic rings. The SMILES string of the molecule is CC[C@@H](C(=O)NC(C)C)N(Cc1ccc(F)cc1)C(=O)CSc1ccccc1. The molecule has 0 aliphatic heterocycles. The average Bonchev–Trinajstić information content (AvgIpc) is 2.67. The van der Waals surface area contributed by atoms with Crippen molar-refractivity contribution >= 4 is 23.6 Å². The van der Waals surface area contributed by atoms with Gasteiger partial charge in [0.15, 0.2) is 0 Å². The molecular weight excluding hydrogens is 375 g/mol. The fraction of sp³-hybridized carbons (Fsp3) is 0.364. The molecule has 0 heterocycles. The van der Waals surface area contributed by atoms with Gasteiger partial charge in [0.05, 0.1) is 5.75 Å². The summed E-state index contributed by atoms with van der Waals surface area (Å²) in [6.07, 6.45) is 0.501. The van der Waals surface area contributed by atoms with E-state index in [0.717, 1.165) is 10.5 Å². The third-order valence-corrected chi connectivity index (χ3v) is 5.19. The lowest BCUT2D eigenvalue weighted by atomic mass is 10.1. The molecule has 28 heavy (non-hydrogen) atoms. The van der Waals surface area contributed by atoms with Crippen LogP contribution >= 0.6 is 11.8 Å². The molecule has 4 nitrogen and oxygen atoms in total. The third-order valence-electron chi connectivity index (χ3n) is 4.19. The highest BCUT2D eigenvalue weighted by Crippen LogP contribution is 2.20. The Morgan fingerprint density at radius 2 is 1.71 bits per heavy atom. The fourth-order valence-corrected chi connectivity index (χ4v) is 3.64. The minimum Gasteiger partial charge on any atom is -0.352 e. The second kappa shape index (κ2) is 10.9. The van der Waals surface area contributed by atoms with Crippen LogP contribution in [0.3, 0.4) is 0 Å². The van der Waals surface area contributed by atoms with E-state index >= 15 is 0 Å². The van der Waals surface area contributed by atoms with Gasteiger partial charge in [0.1, 0.15) is 11.9 Å². The van der Waals surface area contributed by atoms with Crippen LogP contribution in [0.1, 0.15) is 32.8 Å². The van der Waals surface area contributed by atoms with Crippen molar-refractivity contribution in [3.63, 3.8) is 0 Å². The van der Waals surface area contributed by atoms with E-state index in [1.807, 2.05) is 51.1 Å². The number of halogens is 1. The zero-order valence-electron chi connectivity index (χ0n) is 16.5. The van der Waals surface area contributed by atoms with Crippen molar-refractivity contribution in [1.82, 2.24) is 10.2 Å². The number of thioether (sulfide) groups is 1. The molecule has 0 aliphatic rings. The molecule has 1 atom stereocenters. The van der Waals surface area contributed by atoms with Crippen molar-refractivity contribution < 1.29 is 14.0 Å². The molecule has 1 N–H and O–H groups in total. The van der Waals surface area contributed by atoms with E-state index in [2.05, 4.69) is 5.32 Å². The van der Waals surface area contributed by atoms with Gasteiger partial charge in [0, 0.05) is 17.5 Å². The van der Waals surface area contributed by atoms with Crippen molar-refractivity contribution in [1.29, 1.82) is 0 Å². The Morgan fingerprint density at radius 3 is 2.29 bits per heavy atom. The maximum absolute atomic E-state index is 13.2. The highest BCUT2D eigenvalue weighted by molar-refractivity contribution is 8.00. The van der Waals surface area contributed by atoms with Gasteiger partial charge in [-0.25, -0.2) is 4.39 Å². The molecule has 0 saturated carbocycles. The molecule has 0 aliphatic carbocycles. The Hall–Kier alpha value is -2.34. The molecule has 0 bridgehead atoms. The normalized spacial score (nSPS) is 11.9. The number of rotatable bonds is 9. The maximum atomic E-state index is 13.2. The van der Waals surface area contributed by atoms with E-state index in [4.69, 9.17) is 0 Å². The molecule has 0 radical (unpaired) electrons. The zero-order valence-corrected chi connectivity index (χ0v) is 17.3. The van der Waals surface area contributed by atoms with Gasteiger partial charge in [-0.1, -0.05) is 37.3 Å². The van der Waals surface area contributed by atoms with Crippen LogP contribution in [0.5, 0.6) is 0 Å². The van der Waals surface area contributed by atoms with E-state index < -0.39 is 6.04 Å². The molecule has 2 rings (SSSR count). The minimum atomic E-state index is -0.573. The summed E-state index contributed by atoms with van der Waals surface area (Å²) in [4.78, 5) is 28.3. The van der Waals surface area contributed by atoms with Crippen molar-refractivity contribution in [3.8, 4) is 0 Å². The Morgan fingerprint density at radius 1 is 1.07 bits per heavy atom. The first-order valence-electron chi connectivity index (χ1n) is 9.42. The highest BCUT2D eigenvalue weighted by atomic mass is 32.2. The van der Waals surface area contributed by atoms with Crippen LogP contribution in [0.4, 0.5) is 4.39 Å². The lowest BCUT2D eigenvalue weighted by Crippen LogP contribution is -2.50. The van der Waals surface area contributed by atoms with E-state index in [9.17, 15) is 14.0 Å². The largest absolute Gasteiger partial charge is 0.352 e. The standard InChI is InChI=1S/C22H27FN2O2S/c1-4-20(22(27)24-16(2)3)25(14-17-10-12-18(23)13-11-17)21(26)15-28-19-8-6-5-7-9-19/h5-13,16,20H,4,14-15H2,1-3H3,(H,24,27)/t20-/m0/s1. The van der Waals surface area contributed by atoms with E-state index in [1.54, 1.807) is 17.0 Å². The number of carbonyl (C=O) groups excluding carboxylic acids is 2. The van der Waals surface area contributed by atoms with E-state index in [0.29, 0.717) is 6.42 Å². The molecular formula is C22H27FN2O2S. The van der Waals surface area contributed by atoms with Gasteiger partial charge in [-0.2, -0.15) is 0 Å². The molecule has 2 aromatic carbocycles. The molecule has 150 valence electrons. The minimum absolute atomic E-state index is 0.0111. The smallest absolute Gasteiger partial charge is 0.243 e. The first kappa shape index (κ1) is 22.0. The average molecular weight is 403 g/mol. The maximum Gasteiger partial charge on any atom is 0.243 e. The monoisotopic (exact) mass is 402 g/mol. The van der Waals surface area contributed by atoms with E-state index in [1.165, 1.54) is 23.9 Å². The predicted octanol–water partition coefficient (Wildman–Crippen LogP) is 4.25. The van der Waals surface area contributed by atoms with Crippen molar-refractivity contribution in [2.75, 3.05) is 5.75 Å². The fourth-order valence-electron chi connectivity index (χ4n) is 2.83. The molecule has 0 fully saturated rings. The Kier molecular flexibility index (Phi) is 8.51. The van der Waals surface area contributed by atoms with Crippen LogP contribution in [-0.2, 0) is 16.1 Å². The van der Waals surface area contributed by atoms with Crippen molar-refractivity contribution in [3.05, 3.63) is 66.0 Å². The summed E-state index contributed by atoms with van der Waals surface area (Å²) >= 11 is 1.44. The predicted molar refractivity (Wildman–Crippen MR) is 111 cm³/mol. The Bertz CT molecular complexity index is 766. The number of benzene rings is 2. The molecule has 6 heteroatoms. The molecule has 0 saturated heterocycles. The van der Waals surface area contributed by atoms with Gasteiger partial charge < -0.3 is 10.2 Å². The zero-order chi connectivity index (χ0) is 20.5. The first-order chi connectivity index (χ1) is 13.4. The van der Waals surface area contributed by atoms with Gasteiger partial charge in [-0.3, -0.25) is 9.59 Å². The van der Waals surface area contributed by atoms with Gasteiger partial charge in [0.25, 0.3) is 0 Å². The summed E-state index contributed by atoms with van der Waals surface area (Å²) in [7, 11) is 0. The molecule has 0 unspecified atom stereocenters. The Balaban J connectivity index is 2.18. The van der Waals surface area contributed by atoms with Crippen LogP contribution in [0.15, 0.2) is 59.5 Å². The summed E-state index contributed by atoms with van der Waals surface area (Å²) in [6, 6.07) is 15.1. The van der Waals surface area contributed by atoms with Gasteiger partial charge >= 0.3 is 0 Å².